The molecule has 0 saturated heterocycles. The Labute approximate surface area is 193 Å². The van der Waals surface area contributed by atoms with Crippen LogP contribution in [0.3, 0.4) is 0 Å². The molecule has 8 nitrogen and oxygen atoms in total. The van der Waals surface area contributed by atoms with Crippen molar-refractivity contribution in [3.63, 3.8) is 0 Å². The first-order chi connectivity index (χ1) is 15.8. The molecule has 0 bridgehead atoms. The van der Waals surface area contributed by atoms with E-state index in [1.807, 2.05) is 45.0 Å². The Balaban J connectivity index is 1.62. The number of hydrogen-bond donors (Lipinski definition) is 2. The minimum atomic E-state index is -0.653. The number of urea groups is 1. The van der Waals surface area contributed by atoms with E-state index < -0.39 is 12.1 Å². The minimum absolute atomic E-state index is 0.194. The molecule has 8 heteroatoms. The molecule has 2 aromatic rings. The fourth-order valence-electron chi connectivity index (χ4n) is 4.47. The zero-order valence-electron chi connectivity index (χ0n) is 19.4. The Bertz CT molecular complexity index is 1090. The highest BCUT2D eigenvalue weighted by Crippen LogP contribution is 2.37. The Hall–Kier alpha value is -3.55. The predicted octanol–water partition coefficient (Wildman–Crippen LogP) is 3.11. The van der Waals surface area contributed by atoms with Crippen LogP contribution in [0.25, 0.3) is 0 Å². The van der Waals surface area contributed by atoms with Crippen molar-refractivity contribution < 1.29 is 18.8 Å². The second-order valence-electron chi connectivity index (χ2n) is 9.09. The third-order valence-corrected chi connectivity index (χ3v) is 6.15. The van der Waals surface area contributed by atoms with E-state index in [0.717, 1.165) is 11.1 Å². The van der Waals surface area contributed by atoms with Gasteiger partial charge in [0.25, 0.3) is 5.91 Å². The van der Waals surface area contributed by atoms with Gasteiger partial charge in [0.1, 0.15) is 11.8 Å². The van der Waals surface area contributed by atoms with Gasteiger partial charge in [-0.05, 0) is 37.0 Å². The van der Waals surface area contributed by atoms with Gasteiger partial charge in [-0.15, -0.1) is 0 Å². The first-order valence-corrected chi connectivity index (χ1v) is 11.2. The molecule has 2 N–H and O–H groups in total. The number of benzene rings is 1. The number of rotatable bonds is 7. The first-order valence-electron chi connectivity index (χ1n) is 11.2. The van der Waals surface area contributed by atoms with Crippen molar-refractivity contribution in [2.45, 2.75) is 45.8 Å². The van der Waals surface area contributed by atoms with Gasteiger partial charge >= 0.3 is 6.03 Å². The van der Waals surface area contributed by atoms with E-state index in [1.54, 1.807) is 30.3 Å². The van der Waals surface area contributed by atoms with Crippen molar-refractivity contribution in [2.75, 3.05) is 13.6 Å². The number of nitrogens with zero attached hydrogens (tertiary/aromatic N) is 2. The molecule has 2 aliphatic heterocycles. The van der Waals surface area contributed by atoms with E-state index in [0.29, 0.717) is 23.5 Å². The van der Waals surface area contributed by atoms with Crippen molar-refractivity contribution in [2.24, 2.45) is 5.92 Å². The molecule has 1 aromatic heterocycles. The van der Waals surface area contributed by atoms with Crippen molar-refractivity contribution >= 4 is 17.8 Å². The van der Waals surface area contributed by atoms with Crippen LogP contribution in [0.2, 0.25) is 0 Å². The molecule has 4 rings (SSSR count). The molecule has 0 saturated carbocycles. The number of amides is 4. The van der Waals surface area contributed by atoms with Crippen LogP contribution >= 0.6 is 0 Å². The summed E-state index contributed by atoms with van der Waals surface area (Å²) in [6.07, 6.45) is 2.07. The van der Waals surface area contributed by atoms with Crippen LogP contribution < -0.4 is 10.6 Å². The Morgan fingerprint density at radius 1 is 1.24 bits per heavy atom. The summed E-state index contributed by atoms with van der Waals surface area (Å²) in [7, 11) is 1.66. The van der Waals surface area contributed by atoms with Crippen LogP contribution in [0.4, 0.5) is 4.79 Å². The highest BCUT2D eigenvalue weighted by atomic mass is 16.3. The molecule has 0 radical (unpaired) electrons. The van der Waals surface area contributed by atoms with Gasteiger partial charge in [0.15, 0.2) is 0 Å². The largest absolute Gasteiger partial charge is 0.467 e. The second-order valence-corrected chi connectivity index (χ2v) is 9.09. The summed E-state index contributed by atoms with van der Waals surface area (Å²) < 4.78 is 5.31. The number of nitrogens with one attached hydrogen (secondary N) is 2. The van der Waals surface area contributed by atoms with Crippen LogP contribution in [-0.4, -0.2) is 47.3 Å². The first kappa shape index (κ1) is 22.6. The summed E-state index contributed by atoms with van der Waals surface area (Å²) in [4.78, 5) is 42.7. The number of carbonyl (C=O) groups excluding carboxylic acids is 3. The number of furan rings is 1. The third-order valence-electron chi connectivity index (χ3n) is 6.15. The van der Waals surface area contributed by atoms with Crippen molar-refractivity contribution in [3.8, 4) is 0 Å². The lowest BCUT2D eigenvalue weighted by molar-refractivity contribution is -0.137. The standard InChI is InChI=1S/C25H30N4O4/c1-15(2)11-19(23(30)26-13-18-9-6-10-33-18)29-14-20-21(24(29)31)22(27-25(32)28(20)4)17-8-5-7-16(3)12-17/h5-10,12,15,19,22H,11,13-14H2,1-4H3,(H,26,30)(H,27,32)/t19-,22+/m0/s1. The average molecular weight is 451 g/mol. The fourth-order valence-corrected chi connectivity index (χ4v) is 4.47. The van der Waals surface area contributed by atoms with Crippen molar-refractivity contribution in [3.05, 3.63) is 70.8 Å². The molecular weight excluding hydrogens is 420 g/mol. The van der Waals surface area contributed by atoms with Crippen LogP contribution in [0, 0.1) is 12.8 Å². The lowest BCUT2D eigenvalue weighted by Gasteiger charge is -2.31. The fraction of sp³-hybridized carbons (Fsp3) is 0.400. The molecular formula is C25H30N4O4. The second kappa shape index (κ2) is 9.13. The molecule has 2 aliphatic rings. The quantitative estimate of drug-likeness (QED) is 0.678. The summed E-state index contributed by atoms with van der Waals surface area (Å²) in [6, 6.07) is 9.85. The van der Waals surface area contributed by atoms with Crippen LogP contribution in [0.5, 0.6) is 0 Å². The van der Waals surface area contributed by atoms with Gasteiger partial charge in [0.2, 0.25) is 5.91 Å². The smallest absolute Gasteiger partial charge is 0.322 e. The van der Waals surface area contributed by atoms with Gasteiger partial charge < -0.3 is 20.0 Å². The molecule has 33 heavy (non-hydrogen) atoms. The Morgan fingerprint density at radius 3 is 2.70 bits per heavy atom. The normalized spacial score (nSPS) is 19.1. The zero-order valence-corrected chi connectivity index (χ0v) is 19.4. The Kier molecular flexibility index (Phi) is 6.26. The van der Waals surface area contributed by atoms with E-state index in [9.17, 15) is 14.4 Å². The predicted molar refractivity (Wildman–Crippen MR) is 123 cm³/mol. The highest BCUT2D eigenvalue weighted by Gasteiger charge is 2.46. The topological polar surface area (TPSA) is 94.9 Å². The average Bonchev–Trinajstić information content (AvgIpc) is 3.41. The maximum Gasteiger partial charge on any atom is 0.322 e. The zero-order chi connectivity index (χ0) is 23.7. The van der Waals surface area contributed by atoms with Gasteiger partial charge in [-0.1, -0.05) is 43.7 Å². The maximum absolute atomic E-state index is 13.7. The molecule has 0 spiro atoms. The Morgan fingerprint density at radius 2 is 2.03 bits per heavy atom. The summed E-state index contributed by atoms with van der Waals surface area (Å²) >= 11 is 0. The van der Waals surface area contributed by atoms with Crippen LogP contribution in [0.15, 0.2) is 58.3 Å². The van der Waals surface area contributed by atoms with E-state index in [-0.39, 0.29) is 36.9 Å². The molecule has 1 aromatic carbocycles. The molecule has 0 aliphatic carbocycles. The van der Waals surface area contributed by atoms with E-state index in [2.05, 4.69) is 10.6 Å². The SMILES string of the molecule is Cc1cccc([C@H]2NC(=O)N(C)C3=C2C(=O)N([C@@H](CC(C)C)C(=O)NCc2ccco2)C3)c1. The van der Waals surface area contributed by atoms with Gasteiger partial charge in [0.05, 0.1) is 36.7 Å². The molecule has 2 atom stereocenters. The number of likely N-dealkylation sites (N-methyl/N-ethyl adjacent to an activating group) is 1. The van der Waals surface area contributed by atoms with Crippen LogP contribution in [-0.2, 0) is 16.1 Å². The minimum Gasteiger partial charge on any atom is -0.467 e. The van der Waals surface area contributed by atoms with Gasteiger partial charge in [-0.2, -0.15) is 0 Å². The van der Waals surface area contributed by atoms with Crippen molar-refractivity contribution in [1.29, 1.82) is 0 Å². The van der Waals surface area contributed by atoms with Crippen LogP contribution in [0.1, 0.15) is 43.2 Å². The molecule has 4 amide bonds. The van der Waals surface area contributed by atoms with E-state index >= 15 is 0 Å². The summed E-state index contributed by atoms with van der Waals surface area (Å²) in [5.41, 5.74) is 3.06. The van der Waals surface area contributed by atoms with Gasteiger partial charge in [-0.25, -0.2) is 4.79 Å². The summed E-state index contributed by atoms with van der Waals surface area (Å²) in [5, 5.41) is 5.85. The number of aryl methyl sites for hydroxylation is 1. The monoisotopic (exact) mass is 450 g/mol. The molecule has 0 unspecified atom stereocenters. The lowest BCUT2D eigenvalue weighted by Crippen LogP contribution is -2.49. The molecule has 174 valence electrons. The highest BCUT2D eigenvalue weighted by molar-refractivity contribution is 6.03. The van der Waals surface area contributed by atoms with E-state index in [4.69, 9.17) is 4.42 Å². The number of carbonyl (C=O) groups is 3. The summed E-state index contributed by atoms with van der Waals surface area (Å²) in [5.74, 6) is 0.384. The van der Waals surface area contributed by atoms with Gasteiger partial charge in [0, 0.05) is 7.05 Å². The van der Waals surface area contributed by atoms with E-state index in [1.165, 1.54) is 4.90 Å². The van der Waals surface area contributed by atoms with Gasteiger partial charge in [-0.3, -0.25) is 14.5 Å². The molecule has 0 fully saturated rings. The number of hydrogen-bond acceptors (Lipinski definition) is 4. The maximum atomic E-state index is 13.7. The lowest BCUT2D eigenvalue weighted by atomic mass is 9.94. The van der Waals surface area contributed by atoms with Crippen molar-refractivity contribution in [1.82, 2.24) is 20.4 Å². The molecule has 3 heterocycles. The summed E-state index contributed by atoms with van der Waals surface area (Å²) in [6.45, 7) is 6.48. The third kappa shape index (κ3) is 4.51.